The van der Waals surface area contributed by atoms with Crippen LogP contribution < -0.4 is 0 Å². The van der Waals surface area contributed by atoms with Crippen molar-refractivity contribution in [3.63, 3.8) is 0 Å². The topological polar surface area (TPSA) is 12.5 Å². The molecule has 3 rings (SSSR count). The maximum absolute atomic E-state index is 6.43. The molecule has 0 aromatic heterocycles. The summed E-state index contributed by atoms with van der Waals surface area (Å²) in [6, 6.07) is 0.663. The number of nitrogens with zero attached hydrogens (tertiary/aromatic N) is 1. The fraction of sp³-hybridized carbons (Fsp3) is 0.875. The van der Waals surface area contributed by atoms with Gasteiger partial charge in [0.15, 0.2) is 8.32 Å². The van der Waals surface area contributed by atoms with Crippen molar-refractivity contribution in [1.82, 2.24) is 4.90 Å². The number of allylic oxidation sites excluding steroid dienone is 1. The van der Waals surface area contributed by atoms with E-state index in [1.54, 1.807) is 5.57 Å². The smallest absolute Gasteiger partial charge is 0.192 e. The molecule has 3 aliphatic rings. The molecule has 3 heterocycles. The molecule has 0 spiro atoms. The molecule has 19 heavy (non-hydrogen) atoms. The minimum absolute atomic E-state index is 0.324. The summed E-state index contributed by atoms with van der Waals surface area (Å²) in [7, 11) is -1.58. The van der Waals surface area contributed by atoms with Gasteiger partial charge in [0, 0.05) is 19.2 Å². The minimum Gasteiger partial charge on any atom is -0.415 e. The molecule has 3 atom stereocenters. The van der Waals surface area contributed by atoms with Gasteiger partial charge in [-0.1, -0.05) is 32.4 Å². The van der Waals surface area contributed by atoms with Crippen LogP contribution in [0.1, 0.15) is 40.5 Å². The van der Waals surface area contributed by atoms with E-state index < -0.39 is 8.32 Å². The first-order valence-electron chi connectivity index (χ1n) is 7.77. The number of fused-ring (bicyclic) bond motifs is 3. The second-order valence-corrected chi connectivity index (χ2v) is 12.6. The van der Waals surface area contributed by atoms with E-state index in [1.807, 2.05) is 0 Å². The lowest BCUT2D eigenvalue weighted by atomic mass is 9.80. The van der Waals surface area contributed by atoms with E-state index in [9.17, 15) is 0 Å². The summed E-state index contributed by atoms with van der Waals surface area (Å²) in [6.07, 6.45) is 5.01. The number of piperidine rings is 3. The first-order chi connectivity index (χ1) is 8.74. The second kappa shape index (κ2) is 5.34. The molecule has 1 unspecified atom stereocenters. The molecule has 0 saturated carbocycles. The molecule has 0 aliphatic carbocycles. The van der Waals surface area contributed by atoms with E-state index in [4.69, 9.17) is 4.43 Å². The van der Waals surface area contributed by atoms with Crippen molar-refractivity contribution in [3.8, 4) is 0 Å². The Morgan fingerprint density at radius 2 is 2.05 bits per heavy atom. The first-order valence-corrected chi connectivity index (χ1v) is 10.7. The highest BCUT2D eigenvalue weighted by Crippen LogP contribution is 2.39. The van der Waals surface area contributed by atoms with E-state index in [0.29, 0.717) is 11.1 Å². The monoisotopic (exact) mass is 281 g/mol. The van der Waals surface area contributed by atoms with Crippen LogP contribution in [0, 0.1) is 5.92 Å². The predicted molar refractivity (Wildman–Crippen MR) is 85.0 cm³/mol. The molecule has 0 amide bonds. The van der Waals surface area contributed by atoms with Crippen LogP contribution in [-0.4, -0.2) is 39.0 Å². The summed E-state index contributed by atoms with van der Waals surface area (Å²) < 4.78 is 6.43. The Balaban J connectivity index is 1.93. The van der Waals surface area contributed by atoms with Crippen molar-refractivity contribution in [2.75, 3.05) is 19.7 Å². The molecular formula is C16H31NOSi. The van der Waals surface area contributed by atoms with Gasteiger partial charge in [0.1, 0.15) is 0 Å². The largest absolute Gasteiger partial charge is 0.415 e. The molecule has 3 fully saturated rings. The summed E-state index contributed by atoms with van der Waals surface area (Å²) in [5, 5.41) is 0.324. The highest BCUT2D eigenvalue weighted by atomic mass is 28.4. The van der Waals surface area contributed by atoms with Crippen LogP contribution in [0.25, 0.3) is 0 Å². The van der Waals surface area contributed by atoms with Crippen LogP contribution in [0.3, 0.4) is 0 Å². The third-order valence-electron chi connectivity index (χ3n) is 5.56. The normalized spacial score (nSPS) is 34.0. The van der Waals surface area contributed by atoms with Crippen LogP contribution in [-0.2, 0) is 4.43 Å². The molecule has 3 aliphatic heterocycles. The van der Waals surface area contributed by atoms with Gasteiger partial charge in [0.05, 0.1) is 0 Å². The Kier molecular flexibility index (Phi) is 4.29. The summed E-state index contributed by atoms with van der Waals surface area (Å²) in [5.74, 6) is 0.836. The van der Waals surface area contributed by atoms with E-state index in [1.165, 1.54) is 25.9 Å². The maximum atomic E-state index is 6.43. The number of hydrogen-bond acceptors (Lipinski definition) is 2. The van der Waals surface area contributed by atoms with E-state index in [2.05, 4.69) is 51.8 Å². The zero-order valence-corrected chi connectivity index (χ0v) is 14.6. The molecule has 110 valence electrons. The Hall–Kier alpha value is -0.123. The molecule has 0 aromatic carbocycles. The van der Waals surface area contributed by atoms with Crippen LogP contribution in [0.4, 0.5) is 0 Å². The Bertz CT molecular complexity index is 356. The lowest BCUT2D eigenvalue weighted by Gasteiger charge is -2.48. The molecule has 2 bridgehead atoms. The van der Waals surface area contributed by atoms with Crippen molar-refractivity contribution in [2.24, 2.45) is 5.92 Å². The van der Waals surface area contributed by atoms with Gasteiger partial charge >= 0.3 is 0 Å². The van der Waals surface area contributed by atoms with Crippen molar-refractivity contribution >= 4 is 8.32 Å². The van der Waals surface area contributed by atoms with Crippen molar-refractivity contribution in [3.05, 3.63) is 11.6 Å². The maximum Gasteiger partial charge on any atom is 0.192 e. The molecule has 2 nitrogen and oxygen atoms in total. The quantitative estimate of drug-likeness (QED) is 0.571. The van der Waals surface area contributed by atoms with Crippen LogP contribution in [0.15, 0.2) is 11.6 Å². The molecule has 0 radical (unpaired) electrons. The average Bonchev–Trinajstić information content (AvgIpc) is 2.35. The van der Waals surface area contributed by atoms with Crippen LogP contribution in [0.2, 0.25) is 18.1 Å². The second-order valence-electron chi connectivity index (χ2n) is 7.78. The molecule has 0 N–H and O–H groups in total. The van der Waals surface area contributed by atoms with E-state index in [0.717, 1.165) is 12.5 Å². The summed E-state index contributed by atoms with van der Waals surface area (Å²) in [6.45, 7) is 17.3. The Morgan fingerprint density at radius 3 is 2.53 bits per heavy atom. The Labute approximate surface area is 120 Å². The Morgan fingerprint density at radius 1 is 1.37 bits per heavy atom. The fourth-order valence-electron chi connectivity index (χ4n) is 3.03. The van der Waals surface area contributed by atoms with Gasteiger partial charge in [-0.25, -0.2) is 0 Å². The summed E-state index contributed by atoms with van der Waals surface area (Å²) >= 11 is 0. The highest BCUT2D eigenvalue weighted by molar-refractivity contribution is 6.74. The standard InChI is InChI=1S/C16H31NOSi/c1-7-13-11-17-9-8-14(13)10-15(17)12-18-19(5,6)16(2,3)4/h7,14-15H,8-12H2,1-6H3/b13-7-/t14-,15-/m0/s1. The average molecular weight is 282 g/mol. The van der Waals surface area contributed by atoms with Gasteiger partial charge in [-0.3, -0.25) is 4.90 Å². The first kappa shape index (κ1) is 15.3. The van der Waals surface area contributed by atoms with Gasteiger partial charge in [-0.2, -0.15) is 0 Å². The third-order valence-corrected chi connectivity index (χ3v) is 10.1. The fourth-order valence-corrected chi connectivity index (χ4v) is 4.07. The zero-order chi connectivity index (χ0) is 14.3. The van der Waals surface area contributed by atoms with Gasteiger partial charge in [-0.05, 0) is 50.4 Å². The number of rotatable bonds is 3. The SMILES string of the molecule is C/C=C1/CN2CC[C@H]1C[C@H]2CO[Si](C)(C)C(C)(C)C. The lowest BCUT2D eigenvalue weighted by Crippen LogP contribution is -2.53. The summed E-state index contributed by atoms with van der Waals surface area (Å²) in [4.78, 5) is 2.64. The highest BCUT2D eigenvalue weighted by Gasteiger charge is 2.40. The van der Waals surface area contributed by atoms with Crippen molar-refractivity contribution < 1.29 is 4.43 Å². The van der Waals surface area contributed by atoms with Gasteiger partial charge < -0.3 is 4.43 Å². The minimum atomic E-state index is -1.58. The third kappa shape index (κ3) is 3.14. The van der Waals surface area contributed by atoms with Gasteiger partial charge in [0.25, 0.3) is 0 Å². The van der Waals surface area contributed by atoms with E-state index >= 15 is 0 Å². The predicted octanol–water partition coefficient (Wildman–Crippen LogP) is 4.05. The van der Waals surface area contributed by atoms with Crippen LogP contribution in [0.5, 0.6) is 0 Å². The van der Waals surface area contributed by atoms with Gasteiger partial charge in [-0.15, -0.1) is 0 Å². The lowest BCUT2D eigenvalue weighted by molar-refractivity contribution is 0.0527. The molecule has 0 aromatic rings. The van der Waals surface area contributed by atoms with Crippen molar-refractivity contribution in [1.29, 1.82) is 0 Å². The molecule has 3 heteroatoms. The van der Waals surface area contributed by atoms with Gasteiger partial charge in [0.2, 0.25) is 0 Å². The van der Waals surface area contributed by atoms with Crippen LogP contribution >= 0.6 is 0 Å². The summed E-state index contributed by atoms with van der Waals surface area (Å²) in [5.41, 5.74) is 1.66. The zero-order valence-electron chi connectivity index (χ0n) is 13.6. The molecular weight excluding hydrogens is 250 g/mol. The van der Waals surface area contributed by atoms with Crippen molar-refractivity contribution in [2.45, 2.75) is 64.7 Å². The number of hydrogen-bond donors (Lipinski definition) is 0. The van der Waals surface area contributed by atoms with E-state index in [-0.39, 0.29) is 0 Å². The molecule has 3 saturated heterocycles.